The zero-order chi connectivity index (χ0) is 16.2. The molecule has 0 radical (unpaired) electrons. The molecular formula is C12H20N4O5. The van der Waals surface area contributed by atoms with Gasteiger partial charge in [-0.3, -0.25) is 14.4 Å². The fraction of sp³-hybridized carbons (Fsp3) is 0.667. The summed E-state index contributed by atoms with van der Waals surface area (Å²) in [7, 11) is 0. The molecule has 21 heavy (non-hydrogen) atoms. The van der Waals surface area contributed by atoms with Crippen molar-refractivity contribution >= 4 is 23.7 Å². The maximum Gasteiger partial charge on any atom is 0.326 e. The number of rotatable bonds is 6. The van der Waals surface area contributed by atoms with Crippen molar-refractivity contribution in [3.05, 3.63) is 0 Å². The first kappa shape index (κ1) is 16.9. The van der Waals surface area contributed by atoms with Crippen LogP contribution in [0.15, 0.2) is 0 Å². The molecule has 1 rings (SSSR count). The molecule has 0 aromatic heterocycles. The van der Waals surface area contributed by atoms with Crippen LogP contribution in [0.2, 0.25) is 0 Å². The van der Waals surface area contributed by atoms with E-state index in [4.69, 9.17) is 16.6 Å². The zero-order valence-corrected chi connectivity index (χ0v) is 11.7. The van der Waals surface area contributed by atoms with Gasteiger partial charge < -0.3 is 26.8 Å². The van der Waals surface area contributed by atoms with Gasteiger partial charge in [-0.25, -0.2) is 4.79 Å². The van der Waals surface area contributed by atoms with Gasteiger partial charge in [0.25, 0.3) is 0 Å². The monoisotopic (exact) mass is 300 g/mol. The van der Waals surface area contributed by atoms with E-state index in [1.807, 2.05) is 0 Å². The number of carbonyl (C=O) groups excluding carboxylic acids is 3. The second-order valence-electron chi connectivity index (χ2n) is 5.05. The summed E-state index contributed by atoms with van der Waals surface area (Å²) in [5.74, 6) is -3.17. The van der Waals surface area contributed by atoms with E-state index < -0.39 is 42.3 Å². The molecule has 3 amide bonds. The molecular weight excluding hydrogens is 280 g/mol. The quantitative estimate of drug-likeness (QED) is 0.435. The molecule has 9 nitrogen and oxygen atoms in total. The van der Waals surface area contributed by atoms with Gasteiger partial charge in [-0.1, -0.05) is 0 Å². The van der Waals surface area contributed by atoms with Gasteiger partial charge in [0.05, 0.1) is 12.5 Å². The number of nitrogens with two attached hydrogens (primary N) is 2. The van der Waals surface area contributed by atoms with Crippen LogP contribution in [-0.4, -0.2) is 58.4 Å². The van der Waals surface area contributed by atoms with E-state index in [1.54, 1.807) is 0 Å². The summed E-state index contributed by atoms with van der Waals surface area (Å²) < 4.78 is 0. The number of nitrogens with one attached hydrogen (secondary N) is 1. The minimum Gasteiger partial charge on any atom is -0.480 e. The third kappa shape index (κ3) is 4.42. The Balaban J connectivity index is 2.74. The molecule has 6 N–H and O–H groups in total. The summed E-state index contributed by atoms with van der Waals surface area (Å²) in [4.78, 5) is 47.1. The molecule has 3 unspecified atom stereocenters. The van der Waals surface area contributed by atoms with Crippen LogP contribution >= 0.6 is 0 Å². The molecule has 0 saturated carbocycles. The van der Waals surface area contributed by atoms with E-state index in [2.05, 4.69) is 5.32 Å². The van der Waals surface area contributed by atoms with Gasteiger partial charge in [0, 0.05) is 6.54 Å². The molecule has 9 heteroatoms. The highest BCUT2D eigenvalue weighted by atomic mass is 16.4. The van der Waals surface area contributed by atoms with Crippen molar-refractivity contribution < 1.29 is 24.3 Å². The van der Waals surface area contributed by atoms with Crippen LogP contribution in [0, 0.1) is 0 Å². The number of amides is 3. The lowest BCUT2D eigenvalue weighted by Crippen LogP contribution is -2.53. The van der Waals surface area contributed by atoms with E-state index in [0.717, 1.165) is 0 Å². The summed E-state index contributed by atoms with van der Waals surface area (Å²) in [6, 6.07) is -2.90. The fourth-order valence-electron chi connectivity index (χ4n) is 2.23. The molecule has 0 aromatic carbocycles. The molecule has 118 valence electrons. The van der Waals surface area contributed by atoms with Crippen LogP contribution in [0.5, 0.6) is 0 Å². The standard InChI is InChI=1S/C12H20N4O5/c1-6(13)11(19)16-4-2-3-8(16)10(18)15-7(12(20)21)5-9(14)17/h6-8H,2-5,13H2,1H3,(H2,14,17)(H,15,18)(H,20,21). The van der Waals surface area contributed by atoms with Crippen molar-refractivity contribution in [2.24, 2.45) is 11.5 Å². The van der Waals surface area contributed by atoms with E-state index in [9.17, 15) is 19.2 Å². The highest BCUT2D eigenvalue weighted by Crippen LogP contribution is 2.18. The Labute approximate surface area is 121 Å². The summed E-state index contributed by atoms with van der Waals surface area (Å²) in [5, 5.41) is 11.2. The molecule has 0 spiro atoms. The predicted octanol–water partition coefficient (Wildman–Crippen LogP) is -2.23. The van der Waals surface area contributed by atoms with Crippen molar-refractivity contribution in [3.63, 3.8) is 0 Å². The second kappa shape index (κ2) is 7.02. The largest absolute Gasteiger partial charge is 0.480 e. The number of nitrogens with zero attached hydrogens (tertiary/aromatic N) is 1. The number of carboxylic acid groups (broad SMARTS) is 1. The van der Waals surface area contributed by atoms with Gasteiger partial charge >= 0.3 is 5.97 Å². The predicted molar refractivity (Wildman–Crippen MR) is 71.8 cm³/mol. The number of carboxylic acids is 1. The van der Waals surface area contributed by atoms with E-state index in [1.165, 1.54) is 11.8 Å². The Morgan fingerprint density at radius 1 is 1.38 bits per heavy atom. The maximum atomic E-state index is 12.1. The van der Waals surface area contributed by atoms with Crippen LogP contribution in [0.3, 0.4) is 0 Å². The smallest absolute Gasteiger partial charge is 0.326 e. The minimum absolute atomic E-state index is 0.366. The van der Waals surface area contributed by atoms with Crippen molar-refractivity contribution in [2.75, 3.05) is 6.54 Å². The molecule has 0 aliphatic carbocycles. The van der Waals surface area contributed by atoms with Crippen molar-refractivity contribution in [3.8, 4) is 0 Å². The third-order valence-electron chi connectivity index (χ3n) is 3.25. The van der Waals surface area contributed by atoms with Crippen LogP contribution in [0.25, 0.3) is 0 Å². The maximum absolute atomic E-state index is 12.1. The Morgan fingerprint density at radius 3 is 2.48 bits per heavy atom. The Bertz CT molecular complexity index is 451. The molecule has 1 fully saturated rings. The number of hydrogen-bond acceptors (Lipinski definition) is 5. The van der Waals surface area contributed by atoms with Crippen LogP contribution in [-0.2, 0) is 19.2 Å². The van der Waals surface area contributed by atoms with Gasteiger partial charge in [-0.05, 0) is 19.8 Å². The average molecular weight is 300 g/mol. The minimum atomic E-state index is -1.40. The van der Waals surface area contributed by atoms with Gasteiger partial charge in [0.15, 0.2) is 0 Å². The van der Waals surface area contributed by atoms with Gasteiger partial charge in [0.1, 0.15) is 12.1 Å². The first-order valence-corrected chi connectivity index (χ1v) is 6.61. The third-order valence-corrected chi connectivity index (χ3v) is 3.25. The Morgan fingerprint density at radius 2 is 2.00 bits per heavy atom. The number of primary amides is 1. The van der Waals surface area contributed by atoms with Gasteiger partial charge in [-0.2, -0.15) is 0 Å². The van der Waals surface area contributed by atoms with Crippen molar-refractivity contribution in [2.45, 2.75) is 44.3 Å². The van der Waals surface area contributed by atoms with E-state index in [-0.39, 0.29) is 5.91 Å². The first-order chi connectivity index (χ1) is 9.73. The summed E-state index contributed by atoms with van der Waals surface area (Å²) in [6.45, 7) is 1.91. The van der Waals surface area contributed by atoms with Crippen LogP contribution in [0.1, 0.15) is 26.2 Å². The van der Waals surface area contributed by atoms with Crippen LogP contribution in [0.4, 0.5) is 0 Å². The average Bonchev–Trinajstić information content (AvgIpc) is 2.85. The molecule has 1 heterocycles. The SMILES string of the molecule is CC(N)C(=O)N1CCCC1C(=O)NC(CC(N)=O)C(=O)O. The summed E-state index contributed by atoms with van der Waals surface area (Å²) >= 11 is 0. The van der Waals surface area contributed by atoms with Gasteiger partial charge in [0.2, 0.25) is 17.7 Å². The molecule has 1 saturated heterocycles. The number of hydrogen-bond donors (Lipinski definition) is 4. The fourth-order valence-corrected chi connectivity index (χ4v) is 2.23. The highest BCUT2D eigenvalue weighted by Gasteiger charge is 2.36. The topological polar surface area (TPSA) is 156 Å². The van der Waals surface area contributed by atoms with Crippen molar-refractivity contribution in [1.82, 2.24) is 10.2 Å². The number of likely N-dealkylation sites (tertiary alicyclic amines) is 1. The van der Waals surface area contributed by atoms with E-state index >= 15 is 0 Å². The van der Waals surface area contributed by atoms with Crippen LogP contribution < -0.4 is 16.8 Å². The normalized spacial score (nSPS) is 20.7. The molecule has 0 bridgehead atoms. The molecule has 0 aromatic rings. The van der Waals surface area contributed by atoms with Gasteiger partial charge in [-0.15, -0.1) is 0 Å². The highest BCUT2D eigenvalue weighted by molar-refractivity contribution is 5.93. The Hall–Kier alpha value is -2.16. The lowest BCUT2D eigenvalue weighted by Gasteiger charge is -2.26. The molecule has 1 aliphatic heterocycles. The zero-order valence-electron chi connectivity index (χ0n) is 11.7. The van der Waals surface area contributed by atoms with E-state index in [0.29, 0.717) is 19.4 Å². The molecule has 1 aliphatic rings. The van der Waals surface area contributed by atoms with Crippen molar-refractivity contribution in [1.29, 1.82) is 0 Å². The molecule has 3 atom stereocenters. The Kier molecular flexibility index (Phi) is 5.65. The summed E-state index contributed by atoms with van der Waals surface area (Å²) in [6.07, 6.45) is 0.548. The summed E-state index contributed by atoms with van der Waals surface area (Å²) in [5.41, 5.74) is 10.5. The lowest BCUT2D eigenvalue weighted by atomic mass is 10.1. The number of carbonyl (C=O) groups is 4. The second-order valence-corrected chi connectivity index (χ2v) is 5.05. The lowest BCUT2D eigenvalue weighted by molar-refractivity contribution is -0.145. The number of aliphatic carboxylic acids is 1. The first-order valence-electron chi connectivity index (χ1n) is 6.61.